The molecule has 4 saturated heterocycles. The van der Waals surface area contributed by atoms with E-state index in [1.807, 2.05) is 0 Å². The Balaban J connectivity index is 1.31. The summed E-state index contributed by atoms with van der Waals surface area (Å²) in [5.41, 5.74) is 0. The molecule has 0 aliphatic carbocycles. The van der Waals surface area contributed by atoms with E-state index in [-0.39, 0.29) is 0 Å². The molecule has 2 N–H and O–H groups in total. The average molecular weight is 337 g/mol. The van der Waals surface area contributed by atoms with Crippen molar-refractivity contribution in [2.45, 2.75) is 18.9 Å². The van der Waals surface area contributed by atoms with Crippen LogP contribution in [0.2, 0.25) is 0 Å². The van der Waals surface area contributed by atoms with Crippen molar-refractivity contribution in [3.05, 3.63) is 0 Å². The number of nitrogens with one attached hydrogen (secondary N) is 2. The van der Waals surface area contributed by atoms with Crippen molar-refractivity contribution in [2.75, 3.05) is 59.0 Å². The highest BCUT2D eigenvalue weighted by atomic mass is 32.1. The summed E-state index contributed by atoms with van der Waals surface area (Å²) in [6, 6.07) is 0.581. The fraction of sp³-hybridized carbons (Fsp3) is 0.824. The summed E-state index contributed by atoms with van der Waals surface area (Å²) in [5, 5.41) is 7.48. The van der Waals surface area contributed by atoms with Gasteiger partial charge in [-0.05, 0) is 37.5 Å². The van der Waals surface area contributed by atoms with E-state index in [1.54, 1.807) is 0 Å². The van der Waals surface area contributed by atoms with Crippen LogP contribution < -0.4 is 10.6 Å². The Labute approximate surface area is 145 Å². The van der Waals surface area contributed by atoms with Gasteiger partial charge in [0.25, 0.3) is 0 Å². The van der Waals surface area contributed by atoms with E-state index < -0.39 is 0 Å². The van der Waals surface area contributed by atoms with Gasteiger partial charge in [0, 0.05) is 51.2 Å². The maximum absolute atomic E-state index is 5.64. The molecule has 4 heterocycles. The topological polar surface area (TPSA) is 39.8 Å². The molecular weight excluding hydrogens is 308 g/mol. The third-order valence-corrected chi connectivity index (χ3v) is 5.70. The first-order chi connectivity index (χ1) is 11.3. The van der Waals surface area contributed by atoms with Gasteiger partial charge < -0.3 is 15.4 Å². The van der Waals surface area contributed by atoms with Gasteiger partial charge in [-0.2, -0.15) is 0 Å². The lowest BCUT2D eigenvalue weighted by atomic mass is 9.76. The lowest BCUT2D eigenvalue weighted by Gasteiger charge is -2.48. The van der Waals surface area contributed by atoms with Gasteiger partial charge in [0.2, 0.25) is 0 Å². The van der Waals surface area contributed by atoms with Crippen LogP contribution in [0, 0.1) is 24.2 Å². The zero-order valence-electron chi connectivity index (χ0n) is 13.8. The van der Waals surface area contributed by atoms with Crippen molar-refractivity contribution < 1.29 is 4.74 Å². The Bertz CT molecular complexity index is 446. The molecule has 0 aromatic heterocycles. The second-order valence-corrected chi connectivity index (χ2v) is 7.21. The smallest absolute Gasteiger partial charge is 0.166 e. The molecule has 2 bridgehead atoms. The summed E-state index contributed by atoms with van der Waals surface area (Å²) in [5.74, 6) is 4.13. The van der Waals surface area contributed by atoms with Crippen LogP contribution in [-0.4, -0.2) is 80.0 Å². The zero-order valence-corrected chi connectivity index (χ0v) is 14.6. The Kier molecular flexibility index (Phi) is 6.12. The number of ether oxygens (including phenoxy) is 1. The first kappa shape index (κ1) is 17.0. The van der Waals surface area contributed by atoms with Crippen molar-refractivity contribution >= 4 is 17.3 Å². The molecule has 5 nitrogen and oxygen atoms in total. The van der Waals surface area contributed by atoms with Gasteiger partial charge in [-0.25, -0.2) is 0 Å². The highest BCUT2D eigenvalue weighted by Gasteiger charge is 2.39. The van der Waals surface area contributed by atoms with Crippen molar-refractivity contribution in [1.82, 2.24) is 20.4 Å². The molecule has 0 aromatic rings. The van der Waals surface area contributed by atoms with Crippen LogP contribution in [0.3, 0.4) is 0 Å². The van der Waals surface area contributed by atoms with Crippen LogP contribution in [0.1, 0.15) is 12.8 Å². The molecule has 0 spiro atoms. The van der Waals surface area contributed by atoms with Crippen molar-refractivity contribution in [3.63, 3.8) is 0 Å². The first-order valence-electron chi connectivity index (χ1n) is 8.78. The maximum atomic E-state index is 5.64. The van der Waals surface area contributed by atoms with Gasteiger partial charge in [0.1, 0.15) is 0 Å². The summed E-state index contributed by atoms with van der Waals surface area (Å²) in [6.45, 7) is 8.83. The summed E-state index contributed by atoms with van der Waals surface area (Å²) < 4.78 is 5.36. The maximum Gasteiger partial charge on any atom is 0.166 e. The normalized spacial score (nSPS) is 33.9. The summed E-state index contributed by atoms with van der Waals surface area (Å²) in [6.07, 6.45) is 8.10. The predicted molar refractivity (Wildman–Crippen MR) is 96.3 cm³/mol. The minimum Gasteiger partial charge on any atom is -0.379 e. The molecule has 4 fully saturated rings. The van der Waals surface area contributed by atoms with Crippen molar-refractivity contribution in [2.24, 2.45) is 11.8 Å². The molecule has 0 amide bonds. The minimum absolute atomic E-state index is 0.457. The van der Waals surface area contributed by atoms with Gasteiger partial charge >= 0.3 is 0 Å². The van der Waals surface area contributed by atoms with E-state index in [4.69, 9.17) is 23.4 Å². The van der Waals surface area contributed by atoms with E-state index >= 15 is 0 Å². The second-order valence-electron chi connectivity index (χ2n) is 6.80. The number of fused-ring (bicyclic) bond motifs is 3. The lowest BCUT2D eigenvalue weighted by Crippen LogP contribution is -2.57. The summed E-state index contributed by atoms with van der Waals surface area (Å²) >= 11 is 5.41. The second kappa shape index (κ2) is 8.29. The molecule has 128 valence electrons. The van der Waals surface area contributed by atoms with E-state index in [0.29, 0.717) is 17.9 Å². The SMILES string of the molecule is C#C[C@H]1CN2CC[C@@H]1C[C@@H]2CNC(=S)NCCN1CCOCC1. The quantitative estimate of drug-likeness (QED) is 0.549. The van der Waals surface area contributed by atoms with Gasteiger partial charge in [-0.3, -0.25) is 9.80 Å². The summed E-state index contributed by atoms with van der Waals surface area (Å²) in [7, 11) is 0. The number of piperidine rings is 3. The van der Waals surface area contributed by atoms with Crippen molar-refractivity contribution in [1.29, 1.82) is 0 Å². The van der Waals surface area contributed by atoms with Crippen LogP contribution >= 0.6 is 12.2 Å². The number of hydrogen-bond acceptors (Lipinski definition) is 4. The number of thiocarbonyl (C=S) groups is 1. The van der Waals surface area contributed by atoms with Crippen LogP contribution in [-0.2, 0) is 4.74 Å². The first-order valence-corrected chi connectivity index (χ1v) is 9.19. The van der Waals surface area contributed by atoms with Crippen LogP contribution in [0.15, 0.2) is 0 Å². The van der Waals surface area contributed by atoms with Crippen LogP contribution in [0.5, 0.6) is 0 Å². The number of hydrogen-bond donors (Lipinski definition) is 2. The highest BCUT2D eigenvalue weighted by Crippen LogP contribution is 2.35. The molecule has 0 saturated carbocycles. The third-order valence-electron chi connectivity index (χ3n) is 5.41. The van der Waals surface area contributed by atoms with Crippen molar-refractivity contribution in [3.8, 4) is 12.3 Å². The molecular formula is C17H28N4OS. The Morgan fingerprint density at radius 3 is 2.78 bits per heavy atom. The minimum atomic E-state index is 0.457. The Morgan fingerprint density at radius 1 is 1.26 bits per heavy atom. The average Bonchev–Trinajstić information content (AvgIpc) is 2.61. The van der Waals surface area contributed by atoms with E-state index in [2.05, 4.69) is 26.4 Å². The fourth-order valence-electron chi connectivity index (χ4n) is 3.96. The largest absolute Gasteiger partial charge is 0.379 e. The van der Waals surface area contributed by atoms with Crippen LogP contribution in [0.25, 0.3) is 0 Å². The van der Waals surface area contributed by atoms with E-state index in [1.165, 1.54) is 19.4 Å². The predicted octanol–water partition coefficient (Wildman–Crippen LogP) is 0.126. The molecule has 0 aromatic carbocycles. The standard InChI is InChI=1S/C17H28N4OS/c1-2-14-13-21-5-3-15(14)11-16(21)12-19-17(23)18-4-6-20-7-9-22-10-8-20/h1,14-16H,3-13H2,(H2,18,19,23)/t14-,15+,16+/m0/s1. The van der Waals surface area contributed by atoms with Gasteiger partial charge in [0.05, 0.1) is 13.2 Å². The molecule has 0 radical (unpaired) electrons. The molecule has 1 unspecified atom stereocenters. The number of rotatable bonds is 5. The summed E-state index contributed by atoms with van der Waals surface area (Å²) in [4.78, 5) is 4.94. The number of morpholine rings is 1. The fourth-order valence-corrected chi connectivity index (χ4v) is 4.15. The van der Waals surface area contributed by atoms with E-state index in [9.17, 15) is 0 Å². The molecule has 4 rings (SSSR count). The van der Waals surface area contributed by atoms with E-state index in [0.717, 1.165) is 57.6 Å². The molecule has 4 aliphatic heterocycles. The van der Waals surface area contributed by atoms with Gasteiger partial charge in [0.15, 0.2) is 5.11 Å². The number of nitrogens with zero attached hydrogens (tertiary/aromatic N) is 2. The lowest BCUT2D eigenvalue weighted by molar-refractivity contribution is 0.0247. The van der Waals surface area contributed by atoms with Crippen LogP contribution in [0.4, 0.5) is 0 Å². The molecule has 4 aliphatic rings. The van der Waals surface area contributed by atoms with Gasteiger partial charge in [-0.15, -0.1) is 12.3 Å². The third kappa shape index (κ3) is 4.57. The Morgan fingerprint density at radius 2 is 2.09 bits per heavy atom. The molecule has 4 atom stereocenters. The monoisotopic (exact) mass is 336 g/mol. The Hall–Kier alpha value is -0.870. The molecule has 6 heteroatoms. The highest BCUT2D eigenvalue weighted by molar-refractivity contribution is 7.80. The van der Waals surface area contributed by atoms with Gasteiger partial charge in [-0.1, -0.05) is 0 Å². The number of terminal acetylenes is 1. The zero-order chi connectivity index (χ0) is 16.1. The molecule has 23 heavy (non-hydrogen) atoms.